The molecule has 55 heavy (non-hydrogen) atoms. The van der Waals surface area contributed by atoms with Gasteiger partial charge in [-0.15, -0.1) is 0 Å². The van der Waals surface area contributed by atoms with Gasteiger partial charge in [-0.1, -0.05) is 54.4 Å². The van der Waals surface area contributed by atoms with Gasteiger partial charge < -0.3 is 41.4 Å². The average Bonchev–Trinajstić information content (AvgIpc) is 3.15. The summed E-state index contributed by atoms with van der Waals surface area (Å²) in [6.07, 6.45) is 7.69. The first-order valence-electron chi connectivity index (χ1n) is 17.5. The highest BCUT2D eigenvalue weighted by Crippen LogP contribution is 2.29. The number of nitrogens with zero attached hydrogens (tertiary/aromatic N) is 6. The highest BCUT2D eigenvalue weighted by molar-refractivity contribution is 5.87. The van der Waals surface area contributed by atoms with Crippen molar-refractivity contribution in [1.29, 1.82) is 0 Å². The van der Waals surface area contributed by atoms with E-state index in [0.29, 0.717) is 57.7 Å². The fraction of sp³-hybridized carbons (Fsp3) is 0.487. The molecule has 4 aromatic heterocycles. The summed E-state index contributed by atoms with van der Waals surface area (Å²) >= 11 is 0. The lowest BCUT2D eigenvalue weighted by molar-refractivity contribution is 0.212. The highest BCUT2D eigenvalue weighted by Gasteiger charge is 2.26. The Morgan fingerprint density at radius 1 is 0.745 bits per heavy atom. The molecule has 14 nitrogen and oxygen atoms in total. The summed E-state index contributed by atoms with van der Waals surface area (Å²) < 4.78 is 37.8. The van der Waals surface area contributed by atoms with E-state index in [9.17, 15) is 19.0 Å². The van der Waals surface area contributed by atoms with Crippen LogP contribution < -0.4 is 31.2 Å². The van der Waals surface area contributed by atoms with E-state index in [1.54, 1.807) is 20.3 Å². The molecule has 0 aliphatic rings. The van der Waals surface area contributed by atoms with Gasteiger partial charge in [0.2, 0.25) is 11.9 Å². The van der Waals surface area contributed by atoms with Gasteiger partial charge in [-0.05, 0) is 38.8 Å². The minimum atomic E-state index is -0.593. The number of hydrogen-bond acceptors (Lipinski definition) is 14. The van der Waals surface area contributed by atoms with Gasteiger partial charge >= 0.3 is 0 Å². The van der Waals surface area contributed by atoms with Crippen molar-refractivity contribution >= 4 is 45.6 Å². The van der Waals surface area contributed by atoms with E-state index in [4.69, 9.17) is 15.2 Å². The van der Waals surface area contributed by atoms with E-state index >= 15 is 0 Å². The third-order valence-electron chi connectivity index (χ3n) is 8.66. The number of anilines is 4. The Labute approximate surface area is 322 Å². The molecule has 0 aliphatic heterocycles. The SMILES string of the molecule is C.C.CCCC[C@](C)(CO)Nc1nc(N)nc2cc(F)cnc12.CCCC[C@](C)(CO)Nc1nc(NCc2ccc(OC)cc2OC)nc2cc(F)cnc12. The zero-order valence-corrected chi connectivity index (χ0v) is 31.1. The molecule has 0 amide bonds. The molecular formula is C39H58F2N10O4. The number of halogens is 2. The normalized spacial score (nSPS) is 12.9. The number of nitrogen functional groups attached to an aromatic ring is 1. The van der Waals surface area contributed by atoms with Gasteiger partial charge in [-0.2, -0.15) is 9.97 Å². The molecule has 0 radical (unpaired) electrons. The highest BCUT2D eigenvalue weighted by atomic mass is 19.1. The summed E-state index contributed by atoms with van der Waals surface area (Å²) in [5, 5.41) is 29.3. The van der Waals surface area contributed by atoms with E-state index in [1.165, 1.54) is 12.1 Å². The molecule has 0 saturated heterocycles. The second kappa shape index (κ2) is 21.0. The number of benzene rings is 1. The molecule has 5 aromatic rings. The zero-order chi connectivity index (χ0) is 38.6. The number of rotatable bonds is 17. The summed E-state index contributed by atoms with van der Waals surface area (Å²) in [6.45, 7) is 8.25. The molecule has 0 bridgehead atoms. The van der Waals surface area contributed by atoms with Crippen LogP contribution in [0.3, 0.4) is 0 Å². The van der Waals surface area contributed by atoms with E-state index in [2.05, 4.69) is 59.7 Å². The maximum Gasteiger partial charge on any atom is 0.225 e. The summed E-state index contributed by atoms with van der Waals surface area (Å²) in [5.74, 6) is 1.57. The number of aliphatic hydroxyl groups is 2. The fourth-order valence-corrected chi connectivity index (χ4v) is 5.50. The van der Waals surface area contributed by atoms with Crippen molar-refractivity contribution in [1.82, 2.24) is 29.9 Å². The Bertz CT molecular complexity index is 1970. The number of ether oxygens (including phenoxy) is 2. The summed E-state index contributed by atoms with van der Waals surface area (Å²) in [4.78, 5) is 25.3. The maximum absolute atomic E-state index is 13.9. The predicted molar refractivity (Wildman–Crippen MR) is 217 cm³/mol. The van der Waals surface area contributed by atoms with Gasteiger partial charge in [0, 0.05) is 30.3 Å². The monoisotopic (exact) mass is 768 g/mol. The summed E-state index contributed by atoms with van der Waals surface area (Å²) in [6, 6.07) is 8.10. The number of fused-ring (bicyclic) bond motifs is 2. The van der Waals surface area contributed by atoms with Crippen molar-refractivity contribution < 1.29 is 28.5 Å². The van der Waals surface area contributed by atoms with Crippen LogP contribution in [0.5, 0.6) is 11.5 Å². The largest absolute Gasteiger partial charge is 0.497 e. The predicted octanol–water partition coefficient (Wildman–Crippen LogP) is 7.52. The van der Waals surface area contributed by atoms with Crippen LogP contribution in [0.15, 0.2) is 42.7 Å². The minimum Gasteiger partial charge on any atom is -0.497 e. The van der Waals surface area contributed by atoms with Crippen LogP contribution in [0.25, 0.3) is 22.1 Å². The Kier molecular flexibility index (Phi) is 17.6. The average molecular weight is 769 g/mol. The van der Waals surface area contributed by atoms with Crippen molar-refractivity contribution in [2.45, 2.75) is 98.7 Å². The molecule has 0 unspecified atom stereocenters. The van der Waals surface area contributed by atoms with Gasteiger partial charge in [-0.25, -0.2) is 28.7 Å². The molecule has 16 heteroatoms. The summed E-state index contributed by atoms with van der Waals surface area (Å²) in [5.41, 5.74) is 6.98. The van der Waals surface area contributed by atoms with Crippen molar-refractivity contribution in [3.63, 3.8) is 0 Å². The maximum atomic E-state index is 13.9. The van der Waals surface area contributed by atoms with Crippen LogP contribution in [0, 0.1) is 11.6 Å². The minimum absolute atomic E-state index is 0. The van der Waals surface area contributed by atoms with Crippen molar-refractivity contribution in [2.75, 3.05) is 49.1 Å². The Hall–Kier alpha value is -5.22. The van der Waals surface area contributed by atoms with E-state index in [1.807, 2.05) is 26.0 Å². The third kappa shape index (κ3) is 12.4. The third-order valence-corrected chi connectivity index (χ3v) is 8.66. The van der Waals surface area contributed by atoms with Crippen molar-refractivity contribution in [2.24, 2.45) is 0 Å². The van der Waals surface area contributed by atoms with Gasteiger partial charge in [0.25, 0.3) is 0 Å². The number of methoxy groups -OCH3 is 2. The Morgan fingerprint density at radius 3 is 1.76 bits per heavy atom. The number of aliphatic hydroxyl groups excluding tert-OH is 2. The molecule has 0 fully saturated rings. The number of pyridine rings is 2. The lowest BCUT2D eigenvalue weighted by Crippen LogP contribution is -2.39. The Morgan fingerprint density at radius 2 is 1.27 bits per heavy atom. The quantitative estimate of drug-likeness (QED) is 0.0543. The van der Waals surface area contributed by atoms with Crippen LogP contribution in [0.4, 0.5) is 32.3 Å². The molecule has 1 aromatic carbocycles. The first kappa shape index (κ1) is 45.9. The molecule has 5 rings (SSSR count). The zero-order valence-electron chi connectivity index (χ0n) is 31.1. The van der Waals surface area contributed by atoms with Crippen LogP contribution in [-0.2, 0) is 6.54 Å². The van der Waals surface area contributed by atoms with E-state index in [-0.39, 0.29) is 34.0 Å². The first-order chi connectivity index (χ1) is 25.4. The van der Waals surface area contributed by atoms with Crippen molar-refractivity contribution in [3.8, 4) is 11.5 Å². The number of unbranched alkanes of at least 4 members (excludes halogenated alkanes) is 2. The van der Waals surface area contributed by atoms with E-state index < -0.39 is 22.7 Å². The standard InChI is InChI=1S/C23H30FN5O3.C14H20FN5O.2CH4/c1-5-6-9-23(2,14-30)29-21-20-18(10-16(24)13-25-20)27-22(28-21)26-12-15-7-8-17(31-3)11-19(15)32-4;1-3-4-5-14(2,8-21)20-12-11-10(18-13(16)19-12)6-9(15)7-17-11;;/h7-8,10-11,13,30H,5-6,9,12,14H2,1-4H3,(H2,26,27,28,29);6-7,21H,3-5,8H2,1-2H3,(H3,16,18,19,20);2*1H4/t23-;14-;;/m11../s1. The smallest absolute Gasteiger partial charge is 0.225 e. The molecule has 4 heterocycles. The molecule has 2 atom stereocenters. The number of nitrogens with one attached hydrogen (secondary N) is 3. The molecular weight excluding hydrogens is 710 g/mol. The van der Waals surface area contributed by atoms with Crippen LogP contribution in [0.1, 0.15) is 86.6 Å². The van der Waals surface area contributed by atoms with Crippen molar-refractivity contribution in [3.05, 3.63) is 59.9 Å². The van der Waals surface area contributed by atoms with Gasteiger partial charge in [-0.3, -0.25) is 0 Å². The molecule has 0 aliphatic carbocycles. The summed E-state index contributed by atoms with van der Waals surface area (Å²) in [7, 11) is 3.19. The molecule has 302 valence electrons. The lowest BCUT2D eigenvalue weighted by Gasteiger charge is -2.29. The second-order valence-corrected chi connectivity index (χ2v) is 13.3. The first-order valence-corrected chi connectivity index (χ1v) is 17.5. The van der Waals surface area contributed by atoms with Crippen LogP contribution in [0.2, 0.25) is 0 Å². The lowest BCUT2D eigenvalue weighted by atomic mass is 9.96. The van der Waals surface area contributed by atoms with Gasteiger partial charge in [0.05, 0.1) is 61.9 Å². The van der Waals surface area contributed by atoms with Crippen LogP contribution >= 0.6 is 0 Å². The second-order valence-electron chi connectivity index (χ2n) is 13.3. The van der Waals surface area contributed by atoms with Gasteiger partial charge in [0.1, 0.15) is 34.2 Å². The van der Waals surface area contributed by atoms with Gasteiger partial charge in [0.15, 0.2) is 11.6 Å². The topological polar surface area (TPSA) is 198 Å². The fourth-order valence-electron chi connectivity index (χ4n) is 5.50. The number of nitrogens with two attached hydrogens (primary N) is 1. The Balaban J connectivity index is 0.000000397. The number of aromatic nitrogens is 6. The number of hydrogen-bond donors (Lipinski definition) is 6. The molecule has 7 N–H and O–H groups in total. The molecule has 0 spiro atoms. The van der Waals surface area contributed by atoms with Crippen LogP contribution in [-0.4, -0.2) is 78.6 Å². The van der Waals surface area contributed by atoms with E-state index in [0.717, 1.165) is 56.5 Å². The molecule has 0 saturated carbocycles.